The van der Waals surface area contributed by atoms with Crippen molar-refractivity contribution in [3.05, 3.63) is 52.2 Å². The van der Waals surface area contributed by atoms with E-state index >= 15 is 0 Å². The molecule has 1 aliphatic carbocycles. The molecular formula is C23H24N8O3. The van der Waals surface area contributed by atoms with Crippen LogP contribution in [0, 0.1) is 18.8 Å². The average molecular weight is 460 g/mol. The highest BCUT2D eigenvalue weighted by atomic mass is 16.4. The fourth-order valence-corrected chi connectivity index (χ4v) is 3.52. The number of aryl methyl sites for hydroxylation is 2. The third-order valence-corrected chi connectivity index (χ3v) is 5.18. The summed E-state index contributed by atoms with van der Waals surface area (Å²) >= 11 is 0. The second-order valence-electron chi connectivity index (χ2n) is 7.59. The van der Waals surface area contributed by atoms with E-state index in [0.717, 1.165) is 25.1 Å². The Morgan fingerprint density at radius 1 is 1.21 bits per heavy atom. The average Bonchev–Trinajstić information content (AvgIpc) is 3.57. The van der Waals surface area contributed by atoms with Crippen molar-refractivity contribution in [3.63, 3.8) is 0 Å². The van der Waals surface area contributed by atoms with Crippen LogP contribution in [0.5, 0.6) is 0 Å². The second-order valence-corrected chi connectivity index (χ2v) is 7.59. The fourth-order valence-electron chi connectivity index (χ4n) is 3.52. The number of aliphatic hydroxyl groups excluding tert-OH is 1. The summed E-state index contributed by atoms with van der Waals surface area (Å²) in [7, 11) is 0. The standard InChI is InChI=1S/C16H16N2O2.C7H8N6O/c1-2-14-17-13-7-3-5-11(6-4-10-19)15(13)16(20)18(14)12-8-9-12;1-3-12-13-7(14-3)4-5(8)10-2-11-6(4)9/h3,5,7,12,19H,2,8-10H2,1H3;2H,1H3,(H4,8,9,10,11). The molecule has 34 heavy (non-hydrogen) atoms. The van der Waals surface area contributed by atoms with Gasteiger partial charge in [-0.1, -0.05) is 24.8 Å². The number of nitrogen functional groups attached to an aromatic ring is 2. The van der Waals surface area contributed by atoms with Crippen molar-refractivity contribution in [3.8, 4) is 23.3 Å². The predicted octanol–water partition coefficient (Wildman–Crippen LogP) is 1.64. The molecule has 0 aliphatic heterocycles. The molecule has 0 unspecified atom stereocenters. The minimum atomic E-state index is -0.215. The summed E-state index contributed by atoms with van der Waals surface area (Å²) in [6.45, 7) is 3.47. The molecule has 11 nitrogen and oxygen atoms in total. The van der Waals surface area contributed by atoms with Gasteiger partial charge in [0.25, 0.3) is 11.4 Å². The van der Waals surface area contributed by atoms with Gasteiger partial charge < -0.3 is 21.0 Å². The molecule has 0 bridgehead atoms. The molecule has 174 valence electrons. The van der Waals surface area contributed by atoms with Gasteiger partial charge in [0.05, 0.1) is 10.9 Å². The van der Waals surface area contributed by atoms with Crippen LogP contribution in [0.3, 0.4) is 0 Å². The van der Waals surface area contributed by atoms with Crippen LogP contribution in [0.1, 0.15) is 43.1 Å². The van der Waals surface area contributed by atoms with Gasteiger partial charge in [-0.25, -0.2) is 15.0 Å². The number of fused-ring (bicyclic) bond motifs is 1. The SMILES string of the molecule is CCc1nc2cccc(C#CCO)c2c(=O)n1C1CC1.Cc1nnc(-c2c(N)ncnc2N)o1. The fraction of sp³-hybridized carbons (Fsp3) is 0.304. The molecule has 0 atom stereocenters. The predicted molar refractivity (Wildman–Crippen MR) is 127 cm³/mol. The van der Waals surface area contributed by atoms with E-state index in [2.05, 4.69) is 37.0 Å². The van der Waals surface area contributed by atoms with E-state index in [9.17, 15) is 4.79 Å². The maximum Gasteiger partial charge on any atom is 0.262 e. The molecule has 0 spiro atoms. The first-order chi connectivity index (χ1) is 16.4. The molecule has 1 saturated carbocycles. The third kappa shape index (κ3) is 4.57. The van der Waals surface area contributed by atoms with E-state index in [0.29, 0.717) is 34.0 Å². The van der Waals surface area contributed by atoms with Crippen LogP contribution in [-0.2, 0) is 6.42 Å². The van der Waals surface area contributed by atoms with Crippen LogP contribution in [0.25, 0.3) is 22.4 Å². The first-order valence-electron chi connectivity index (χ1n) is 10.7. The smallest absolute Gasteiger partial charge is 0.262 e. The number of nitrogens with zero attached hydrogens (tertiary/aromatic N) is 6. The highest BCUT2D eigenvalue weighted by molar-refractivity contribution is 5.84. The maximum absolute atomic E-state index is 12.8. The first kappa shape index (κ1) is 22.9. The molecule has 0 amide bonds. The zero-order valence-corrected chi connectivity index (χ0v) is 18.8. The highest BCUT2D eigenvalue weighted by Gasteiger charge is 2.28. The van der Waals surface area contributed by atoms with E-state index in [1.165, 1.54) is 6.33 Å². The van der Waals surface area contributed by atoms with Crippen LogP contribution < -0.4 is 17.0 Å². The molecule has 0 saturated heterocycles. The van der Waals surface area contributed by atoms with Gasteiger partial charge in [0.15, 0.2) is 0 Å². The minimum absolute atomic E-state index is 0.00260. The van der Waals surface area contributed by atoms with Crippen molar-refractivity contribution >= 4 is 22.5 Å². The number of hydrogen-bond acceptors (Lipinski definition) is 10. The Morgan fingerprint density at radius 3 is 2.53 bits per heavy atom. The van der Waals surface area contributed by atoms with Gasteiger partial charge in [-0.05, 0) is 25.0 Å². The normalized spacial score (nSPS) is 12.6. The van der Waals surface area contributed by atoms with Crippen molar-refractivity contribution in [2.45, 2.75) is 39.2 Å². The molecule has 0 radical (unpaired) electrons. The molecule has 1 aliphatic rings. The van der Waals surface area contributed by atoms with Gasteiger partial charge in [-0.3, -0.25) is 9.36 Å². The van der Waals surface area contributed by atoms with Crippen molar-refractivity contribution in [2.75, 3.05) is 18.1 Å². The van der Waals surface area contributed by atoms with Crippen molar-refractivity contribution in [1.29, 1.82) is 0 Å². The lowest BCUT2D eigenvalue weighted by atomic mass is 10.1. The van der Waals surface area contributed by atoms with Crippen molar-refractivity contribution < 1.29 is 9.52 Å². The lowest BCUT2D eigenvalue weighted by Gasteiger charge is -2.12. The summed E-state index contributed by atoms with van der Waals surface area (Å²) in [5, 5.41) is 16.8. The molecule has 3 heterocycles. The first-order valence-corrected chi connectivity index (χ1v) is 10.7. The number of rotatable bonds is 3. The monoisotopic (exact) mass is 460 g/mol. The van der Waals surface area contributed by atoms with E-state index in [1.807, 2.05) is 23.6 Å². The summed E-state index contributed by atoms with van der Waals surface area (Å²) in [6, 6.07) is 5.79. The highest BCUT2D eigenvalue weighted by Crippen LogP contribution is 2.35. The molecule has 4 aromatic rings. The molecule has 5 N–H and O–H groups in total. The van der Waals surface area contributed by atoms with Gasteiger partial charge in [-0.15, -0.1) is 10.2 Å². The van der Waals surface area contributed by atoms with Gasteiger partial charge in [0, 0.05) is 24.9 Å². The van der Waals surface area contributed by atoms with Gasteiger partial charge in [0.1, 0.15) is 36.0 Å². The number of aromatic nitrogens is 6. The van der Waals surface area contributed by atoms with E-state index in [1.54, 1.807) is 13.0 Å². The molecular weight excluding hydrogens is 436 g/mol. The molecule has 5 rings (SSSR count). The summed E-state index contributed by atoms with van der Waals surface area (Å²) < 4.78 is 6.99. The Kier molecular flexibility index (Phi) is 6.51. The quantitative estimate of drug-likeness (QED) is 0.381. The van der Waals surface area contributed by atoms with Crippen LogP contribution >= 0.6 is 0 Å². The van der Waals surface area contributed by atoms with Gasteiger partial charge >= 0.3 is 0 Å². The summed E-state index contributed by atoms with van der Waals surface area (Å²) in [4.78, 5) is 25.0. The molecule has 1 fully saturated rings. The van der Waals surface area contributed by atoms with Crippen molar-refractivity contribution in [1.82, 2.24) is 29.7 Å². The molecule has 3 aromatic heterocycles. The summed E-state index contributed by atoms with van der Waals surface area (Å²) in [6.07, 6.45) is 4.11. The number of nitrogens with two attached hydrogens (primary N) is 2. The van der Waals surface area contributed by atoms with Crippen molar-refractivity contribution in [2.24, 2.45) is 0 Å². The minimum Gasteiger partial charge on any atom is -0.421 e. The Hall–Kier alpha value is -4.30. The van der Waals surface area contributed by atoms with Crippen LogP contribution in [-0.4, -0.2) is 41.4 Å². The zero-order valence-electron chi connectivity index (χ0n) is 18.8. The Bertz CT molecular complexity index is 1440. The van der Waals surface area contributed by atoms with Gasteiger partial charge in [-0.2, -0.15) is 0 Å². The number of benzene rings is 1. The second kappa shape index (κ2) is 9.68. The Labute approximate surface area is 194 Å². The Balaban J connectivity index is 0.000000172. The lowest BCUT2D eigenvalue weighted by molar-refractivity contribution is 0.350. The van der Waals surface area contributed by atoms with Crippen LogP contribution in [0.4, 0.5) is 11.6 Å². The maximum atomic E-state index is 12.8. The van der Waals surface area contributed by atoms with E-state index < -0.39 is 0 Å². The topological polar surface area (TPSA) is 172 Å². The number of anilines is 2. The van der Waals surface area contributed by atoms with Crippen LogP contribution in [0.2, 0.25) is 0 Å². The van der Waals surface area contributed by atoms with Gasteiger partial charge in [0.2, 0.25) is 5.89 Å². The number of aliphatic hydroxyl groups is 1. The zero-order chi connectivity index (χ0) is 24.2. The number of hydrogen-bond donors (Lipinski definition) is 3. The summed E-state index contributed by atoms with van der Waals surface area (Å²) in [5.41, 5.74) is 12.9. The van der Waals surface area contributed by atoms with E-state index in [-0.39, 0.29) is 29.7 Å². The lowest BCUT2D eigenvalue weighted by Crippen LogP contribution is -2.25. The molecule has 11 heteroatoms. The van der Waals surface area contributed by atoms with E-state index in [4.69, 9.17) is 21.0 Å². The Morgan fingerprint density at radius 2 is 1.94 bits per heavy atom. The molecule has 1 aromatic carbocycles. The van der Waals surface area contributed by atoms with Crippen LogP contribution in [0.15, 0.2) is 33.7 Å². The largest absolute Gasteiger partial charge is 0.421 e. The summed E-state index contributed by atoms with van der Waals surface area (Å²) in [5.74, 6) is 7.41. The third-order valence-electron chi connectivity index (χ3n) is 5.18.